The van der Waals surface area contributed by atoms with Gasteiger partial charge in [-0.1, -0.05) is 213 Å². The monoisotopic (exact) mass is 982 g/mol. The molecule has 0 fully saturated rings. The average molecular weight is 982 g/mol. The summed E-state index contributed by atoms with van der Waals surface area (Å²) in [5.74, 6) is -0.874. The molecule has 0 heterocycles. The van der Waals surface area contributed by atoms with Crippen LogP contribution in [0.5, 0.6) is 0 Å². The van der Waals surface area contributed by atoms with Gasteiger partial charge < -0.3 is 20.1 Å². The first-order chi connectivity index (χ1) is 33.8. The summed E-state index contributed by atoms with van der Waals surface area (Å²) in [6.45, 7) is 3.57. The molecule has 0 saturated carbocycles. The third kappa shape index (κ3) is 53.9. The van der Waals surface area contributed by atoms with Crippen molar-refractivity contribution in [3.05, 3.63) is 109 Å². The van der Waals surface area contributed by atoms with Gasteiger partial charge in [-0.25, -0.2) is 4.57 Å². The molecule has 0 rings (SSSR count). The maximum atomic E-state index is 12.7. The molecule has 2 atom stereocenters. The number of phosphoric ester groups is 1. The van der Waals surface area contributed by atoms with E-state index in [1.54, 1.807) is 0 Å². The van der Waals surface area contributed by atoms with Gasteiger partial charge in [0.05, 0.1) is 13.2 Å². The molecule has 0 aliphatic carbocycles. The smallest absolute Gasteiger partial charge is 0.462 e. The van der Waals surface area contributed by atoms with Crippen molar-refractivity contribution in [2.75, 3.05) is 26.4 Å². The van der Waals surface area contributed by atoms with Crippen LogP contribution in [0, 0.1) is 0 Å². The molecule has 0 aliphatic heterocycles. The molecule has 2 unspecified atom stereocenters. The summed E-state index contributed by atoms with van der Waals surface area (Å²) in [5, 5.41) is 0. The van der Waals surface area contributed by atoms with E-state index < -0.39 is 32.5 Å². The van der Waals surface area contributed by atoms with Gasteiger partial charge in [0.25, 0.3) is 0 Å². The number of allylic oxidation sites excluding steroid dienone is 18. The molecule has 0 amide bonds. The highest BCUT2D eigenvalue weighted by Crippen LogP contribution is 2.43. The number of rotatable bonds is 50. The van der Waals surface area contributed by atoms with Crippen molar-refractivity contribution in [2.24, 2.45) is 5.73 Å². The van der Waals surface area contributed by atoms with Gasteiger partial charge in [-0.2, -0.15) is 0 Å². The Bertz CT molecular complexity index is 1490. The number of ether oxygens (including phenoxy) is 2. The van der Waals surface area contributed by atoms with Crippen LogP contribution in [0.1, 0.15) is 219 Å². The molecule has 0 aromatic carbocycles. The lowest BCUT2D eigenvalue weighted by atomic mass is 10.0. The largest absolute Gasteiger partial charge is 0.472 e. The van der Waals surface area contributed by atoms with Gasteiger partial charge in [0.15, 0.2) is 6.10 Å². The van der Waals surface area contributed by atoms with Gasteiger partial charge in [0, 0.05) is 19.4 Å². The van der Waals surface area contributed by atoms with E-state index >= 15 is 0 Å². The number of carbonyl (C=O) groups excluding carboxylic acids is 2. The van der Waals surface area contributed by atoms with Crippen molar-refractivity contribution in [1.82, 2.24) is 0 Å². The summed E-state index contributed by atoms with van der Waals surface area (Å²) < 4.78 is 33.0. The zero-order valence-electron chi connectivity index (χ0n) is 43.8. The van der Waals surface area contributed by atoms with Gasteiger partial charge in [0.1, 0.15) is 6.61 Å². The molecule has 0 radical (unpaired) electrons. The zero-order valence-corrected chi connectivity index (χ0v) is 44.6. The molecule has 0 spiro atoms. The van der Waals surface area contributed by atoms with E-state index in [1.165, 1.54) is 89.9 Å². The molecule has 3 N–H and O–H groups in total. The third-order valence-electron chi connectivity index (χ3n) is 11.1. The lowest BCUT2D eigenvalue weighted by Gasteiger charge is -2.19. The zero-order chi connectivity index (χ0) is 50.2. The van der Waals surface area contributed by atoms with Gasteiger partial charge in [-0.15, -0.1) is 0 Å². The fourth-order valence-corrected chi connectivity index (χ4v) is 7.88. The summed E-state index contributed by atoms with van der Waals surface area (Å²) in [4.78, 5) is 35.1. The second-order valence-corrected chi connectivity index (χ2v) is 19.2. The van der Waals surface area contributed by atoms with Crippen LogP contribution in [0.3, 0.4) is 0 Å². The second-order valence-electron chi connectivity index (χ2n) is 17.7. The molecule has 0 bridgehead atoms. The fourth-order valence-electron chi connectivity index (χ4n) is 7.12. The molecule has 0 aliphatic rings. The van der Waals surface area contributed by atoms with E-state index in [1.807, 2.05) is 0 Å². The van der Waals surface area contributed by atoms with E-state index in [0.717, 1.165) is 96.3 Å². The summed E-state index contributed by atoms with van der Waals surface area (Å²) in [7, 11) is -4.40. The van der Waals surface area contributed by atoms with Crippen LogP contribution in [0.2, 0.25) is 0 Å². The van der Waals surface area contributed by atoms with E-state index in [-0.39, 0.29) is 32.6 Å². The van der Waals surface area contributed by atoms with Crippen LogP contribution in [0.4, 0.5) is 0 Å². The molecule has 10 heteroatoms. The number of phosphoric acid groups is 1. The maximum absolute atomic E-state index is 12.7. The Morgan fingerprint density at radius 1 is 0.449 bits per heavy atom. The lowest BCUT2D eigenvalue weighted by molar-refractivity contribution is -0.161. The highest BCUT2D eigenvalue weighted by molar-refractivity contribution is 7.47. The number of esters is 2. The number of nitrogens with two attached hydrogens (primary N) is 1. The van der Waals surface area contributed by atoms with Crippen molar-refractivity contribution in [3.8, 4) is 0 Å². The highest BCUT2D eigenvalue weighted by Gasteiger charge is 2.26. The van der Waals surface area contributed by atoms with Crippen molar-refractivity contribution >= 4 is 19.8 Å². The predicted octanol–water partition coefficient (Wildman–Crippen LogP) is 17.1. The molecule has 69 heavy (non-hydrogen) atoms. The summed E-state index contributed by atoms with van der Waals surface area (Å²) in [5.41, 5.74) is 5.37. The molecular formula is C59H100NO8P. The minimum Gasteiger partial charge on any atom is -0.462 e. The second kappa shape index (κ2) is 54.0. The normalized spacial score (nSPS) is 14.0. The predicted molar refractivity (Wildman–Crippen MR) is 293 cm³/mol. The first-order valence-electron chi connectivity index (χ1n) is 27.4. The maximum Gasteiger partial charge on any atom is 0.472 e. The number of hydrogen-bond donors (Lipinski definition) is 2. The Hall–Kier alpha value is -3.33. The Balaban J connectivity index is 4.12. The first-order valence-corrected chi connectivity index (χ1v) is 28.9. The number of carbonyl (C=O) groups is 2. The van der Waals surface area contributed by atoms with Crippen molar-refractivity contribution in [1.29, 1.82) is 0 Å². The van der Waals surface area contributed by atoms with E-state index in [0.29, 0.717) is 6.42 Å². The summed E-state index contributed by atoms with van der Waals surface area (Å²) in [6, 6.07) is 0. The minimum atomic E-state index is -4.40. The van der Waals surface area contributed by atoms with Crippen LogP contribution >= 0.6 is 7.82 Å². The van der Waals surface area contributed by atoms with Crippen molar-refractivity contribution < 1.29 is 37.6 Å². The topological polar surface area (TPSA) is 134 Å². The van der Waals surface area contributed by atoms with Gasteiger partial charge in [-0.05, 0) is 103 Å². The van der Waals surface area contributed by atoms with Crippen LogP contribution in [0.15, 0.2) is 109 Å². The first kappa shape index (κ1) is 65.7. The molecule has 9 nitrogen and oxygen atoms in total. The van der Waals surface area contributed by atoms with Crippen LogP contribution in [-0.2, 0) is 32.7 Å². The van der Waals surface area contributed by atoms with Gasteiger partial charge in [-0.3, -0.25) is 18.6 Å². The Morgan fingerprint density at radius 3 is 1.20 bits per heavy atom. The van der Waals surface area contributed by atoms with Crippen LogP contribution < -0.4 is 5.73 Å². The average Bonchev–Trinajstić information content (AvgIpc) is 3.34. The van der Waals surface area contributed by atoms with E-state index in [4.69, 9.17) is 24.3 Å². The van der Waals surface area contributed by atoms with Crippen molar-refractivity contribution in [2.45, 2.75) is 225 Å². The number of unbranched alkanes of at least 4 members (excludes halogenated alkanes) is 19. The molecule has 394 valence electrons. The molecule has 0 aromatic rings. The third-order valence-corrected chi connectivity index (χ3v) is 12.1. The van der Waals surface area contributed by atoms with Gasteiger partial charge >= 0.3 is 19.8 Å². The Labute approximate surface area is 422 Å². The lowest BCUT2D eigenvalue weighted by Crippen LogP contribution is -2.29. The standard InChI is InChI=1S/C59H100NO8P/c1-3-5-7-9-11-13-15-17-19-21-23-25-27-28-30-32-34-36-38-40-42-44-46-48-50-52-59(62)68-57(56-67-69(63,64)66-54-53-60)55-65-58(61)51-49-47-45-43-41-39-37-35-33-31-29-26-24-22-20-18-16-14-12-10-8-6-4-2/h5,7,11,13,16-19,22-25,28,30,34,36,40,42,57H,3-4,6,8-10,12,14-15,20-21,26-27,29,31-33,35,37-39,41,43-56,60H2,1-2H3,(H,63,64)/b7-5-,13-11-,18-16-,19-17-,24-22-,25-23-,30-28-,36-34-,42-40-. The van der Waals surface area contributed by atoms with E-state index in [9.17, 15) is 19.0 Å². The van der Waals surface area contributed by atoms with E-state index in [2.05, 4.69) is 123 Å². The molecular weight excluding hydrogens is 882 g/mol. The fraction of sp³-hybridized carbons (Fsp3) is 0.661. The Kier molecular flexibility index (Phi) is 51.4. The molecule has 0 saturated heterocycles. The van der Waals surface area contributed by atoms with Crippen LogP contribution in [-0.4, -0.2) is 49.3 Å². The van der Waals surface area contributed by atoms with Crippen molar-refractivity contribution in [3.63, 3.8) is 0 Å². The highest BCUT2D eigenvalue weighted by atomic mass is 31.2. The summed E-state index contributed by atoms with van der Waals surface area (Å²) >= 11 is 0. The van der Waals surface area contributed by atoms with Gasteiger partial charge in [0.2, 0.25) is 0 Å². The minimum absolute atomic E-state index is 0.0414. The molecule has 0 aromatic heterocycles. The quantitative estimate of drug-likeness (QED) is 0.0264. The SMILES string of the molecule is CC/C=C\C/C=C\C/C=C\C/C=C\C/C=C\C/C=C\C/C=C\CCCCCC(=O)OC(COC(=O)CCCCCCCCCCCCC/C=C\C/C=C\CCCCCCC)COP(=O)(O)OCCN. The number of hydrogen-bond acceptors (Lipinski definition) is 8. The van der Waals surface area contributed by atoms with Crippen LogP contribution in [0.25, 0.3) is 0 Å². The summed E-state index contributed by atoms with van der Waals surface area (Å²) in [6.07, 6.45) is 72.7. The Morgan fingerprint density at radius 2 is 0.797 bits per heavy atom.